The average molecular weight is 356 g/mol. The molecule has 2 amide bonds. The summed E-state index contributed by atoms with van der Waals surface area (Å²) in [5.41, 5.74) is -0.533. The molecular weight excluding hydrogens is 333 g/mol. The molecule has 1 aliphatic heterocycles. The van der Waals surface area contributed by atoms with Crippen LogP contribution in [0.15, 0.2) is 24.3 Å². The third kappa shape index (κ3) is 5.21. The molecule has 1 aromatic rings. The largest absolute Gasteiger partial charge is 0.416 e. The predicted octanol–water partition coefficient (Wildman–Crippen LogP) is 3.06. The second kappa shape index (κ2) is 7.89. The number of benzene rings is 1. The highest BCUT2D eigenvalue weighted by Crippen LogP contribution is 2.32. The second-order valence-electron chi connectivity index (χ2n) is 6.58. The van der Waals surface area contributed by atoms with Gasteiger partial charge in [0.15, 0.2) is 0 Å². The summed E-state index contributed by atoms with van der Waals surface area (Å²) in [6.45, 7) is 3.60. The van der Waals surface area contributed by atoms with E-state index in [4.69, 9.17) is 0 Å². The Bertz CT molecular complexity index is 631. The van der Waals surface area contributed by atoms with Crippen LogP contribution in [0.5, 0.6) is 0 Å². The van der Waals surface area contributed by atoms with Gasteiger partial charge in [-0.1, -0.05) is 25.1 Å². The second-order valence-corrected chi connectivity index (χ2v) is 6.58. The molecule has 0 aliphatic carbocycles. The lowest BCUT2D eigenvalue weighted by Crippen LogP contribution is -2.48. The van der Waals surface area contributed by atoms with E-state index in [1.165, 1.54) is 12.1 Å². The molecule has 25 heavy (non-hydrogen) atoms. The van der Waals surface area contributed by atoms with Crippen molar-refractivity contribution in [3.63, 3.8) is 0 Å². The van der Waals surface area contributed by atoms with Crippen molar-refractivity contribution in [1.82, 2.24) is 10.6 Å². The van der Waals surface area contributed by atoms with E-state index < -0.39 is 23.7 Å². The highest BCUT2D eigenvalue weighted by atomic mass is 19.4. The van der Waals surface area contributed by atoms with Crippen LogP contribution in [0, 0.1) is 5.92 Å². The van der Waals surface area contributed by atoms with E-state index in [0.29, 0.717) is 6.42 Å². The third-order valence-corrected chi connectivity index (χ3v) is 4.47. The zero-order valence-corrected chi connectivity index (χ0v) is 14.3. The summed E-state index contributed by atoms with van der Waals surface area (Å²) in [4.78, 5) is 24.0. The van der Waals surface area contributed by atoms with Crippen LogP contribution >= 0.6 is 0 Å². The molecule has 1 fully saturated rings. The van der Waals surface area contributed by atoms with Gasteiger partial charge in [-0.25, -0.2) is 0 Å². The standard InChI is InChI=1S/C18H23F3N2O2/c1-3-14-9-13(10-16(24)23-14)17(25)22-11(2)8-12-6-4-5-7-15(12)18(19,20)21/h4-7,11,13-14H,3,8-10H2,1-2H3,(H,22,25)(H,23,24)/t11-,13-,14+/m0/s1. The Morgan fingerprint density at radius 2 is 2.04 bits per heavy atom. The van der Waals surface area contributed by atoms with E-state index >= 15 is 0 Å². The quantitative estimate of drug-likeness (QED) is 0.852. The molecule has 0 saturated carbocycles. The lowest BCUT2D eigenvalue weighted by molar-refractivity contribution is -0.138. The molecule has 2 rings (SSSR count). The SMILES string of the molecule is CC[C@@H]1C[C@H](C(=O)N[C@@H](C)Cc2ccccc2C(F)(F)F)CC(=O)N1. The predicted molar refractivity (Wildman–Crippen MR) is 87.7 cm³/mol. The maximum Gasteiger partial charge on any atom is 0.416 e. The summed E-state index contributed by atoms with van der Waals surface area (Å²) >= 11 is 0. The van der Waals surface area contributed by atoms with Gasteiger partial charge < -0.3 is 10.6 Å². The van der Waals surface area contributed by atoms with Crippen LogP contribution in [0.1, 0.15) is 44.2 Å². The van der Waals surface area contributed by atoms with E-state index in [1.807, 2.05) is 6.92 Å². The van der Waals surface area contributed by atoms with E-state index in [1.54, 1.807) is 13.0 Å². The average Bonchev–Trinajstić information content (AvgIpc) is 2.53. The Hall–Kier alpha value is -2.05. The molecule has 0 unspecified atom stereocenters. The zero-order valence-electron chi connectivity index (χ0n) is 14.3. The molecule has 1 aliphatic rings. The first kappa shape index (κ1) is 19.3. The molecule has 1 saturated heterocycles. The Balaban J connectivity index is 2.00. The number of rotatable bonds is 5. The Morgan fingerprint density at radius 3 is 2.68 bits per heavy atom. The number of hydrogen-bond donors (Lipinski definition) is 2. The molecule has 0 bridgehead atoms. The Morgan fingerprint density at radius 1 is 1.36 bits per heavy atom. The number of halogens is 3. The summed E-state index contributed by atoms with van der Waals surface area (Å²) in [5.74, 6) is -0.863. The third-order valence-electron chi connectivity index (χ3n) is 4.47. The maximum absolute atomic E-state index is 13.0. The summed E-state index contributed by atoms with van der Waals surface area (Å²) < 4.78 is 39.1. The summed E-state index contributed by atoms with van der Waals surface area (Å²) in [6.07, 6.45) is -2.92. The van der Waals surface area contributed by atoms with Crippen LogP contribution in [-0.2, 0) is 22.2 Å². The summed E-state index contributed by atoms with van der Waals surface area (Å²) in [5, 5.41) is 5.58. The lowest BCUT2D eigenvalue weighted by atomic mass is 9.89. The topological polar surface area (TPSA) is 58.2 Å². The minimum atomic E-state index is -4.42. The van der Waals surface area contributed by atoms with Crippen LogP contribution in [0.4, 0.5) is 13.2 Å². The summed E-state index contributed by atoms with van der Waals surface area (Å²) in [6, 6.07) is 4.88. The molecule has 0 spiro atoms. The maximum atomic E-state index is 13.0. The minimum absolute atomic E-state index is 0.0294. The number of hydrogen-bond acceptors (Lipinski definition) is 2. The van der Waals surface area contributed by atoms with E-state index in [2.05, 4.69) is 10.6 Å². The van der Waals surface area contributed by atoms with Gasteiger partial charge in [0.1, 0.15) is 0 Å². The molecule has 1 aromatic carbocycles. The highest BCUT2D eigenvalue weighted by Gasteiger charge is 2.34. The van der Waals surface area contributed by atoms with Crippen molar-refractivity contribution in [3.8, 4) is 0 Å². The molecule has 0 radical (unpaired) electrons. The Labute approximate surface area is 145 Å². The first-order chi connectivity index (χ1) is 11.7. The van der Waals surface area contributed by atoms with Gasteiger partial charge in [0.05, 0.1) is 5.56 Å². The fourth-order valence-electron chi connectivity index (χ4n) is 3.18. The van der Waals surface area contributed by atoms with Crippen LogP contribution in [0.2, 0.25) is 0 Å². The smallest absolute Gasteiger partial charge is 0.353 e. The minimum Gasteiger partial charge on any atom is -0.353 e. The van der Waals surface area contributed by atoms with Crippen molar-refractivity contribution in [3.05, 3.63) is 35.4 Å². The van der Waals surface area contributed by atoms with Crippen molar-refractivity contribution < 1.29 is 22.8 Å². The molecule has 0 aromatic heterocycles. The van der Waals surface area contributed by atoms with Crippen molar-refractivity contribution >= 4 is 11.8 Å². The van der Waals surface area contributed by atoms with Crippen molar-refractivity contribution in [2.24, 2.45) is 5.92 Å². The molecule has 7 heteroatoms. The molecule has 1 heterocycles. The van der Waals surface area contributed by atoms with Gasteiger partial charge in [0, 0.05) is 24.4 Å². The number of piperidine rings is 1. The monoisotopic (exact) mass is 356 g/mol. The normalized spacial score (nSPS) is 22.2. The van der Waals surface area contributed by atoms with Gasteiger partial charge in [0.2, 0.25) is 11.8 Å². The van der Waals surface area contributed by atoms with Gasteiger partial charge >= 0.3 is 6.18 Å². The molecule has 3 atom stereocenters. The summed E-state index contributed by atoms with van der Waals surface area (Å²) in [7, 11) is 0. The fourth-order valence-corrected chi connectivity index (χ4v) is 3.18. The highest BCUT2D eigenvalue weighted by molar-refractivity contribution is 5.87. The number of carbonyl (C=O) groups is 2. The molecule has 2 N–H and O–H groups in total. The number of amides is 2. The van der Waals surface area contributed by atoms with E-state index in [9.17, 15) is 22.8 Å². The van der Waals surface area contributed by atoms with Gasteiger partial charge in [-0.3, -0.25) is 9.59 Å². The number of nitrogens with one attached hydrogen (secondary N) is 2. The van der Waals surface area contributed by atoms with Gasteiger partial charge in [-0.05, 0) is 37.8 Å². The lowest BCUT2D eigenvalue weighted by Gasteiger charge is -2.29. The van der Waals surface area contributed by atoms with E-state index in [-0.39, 0.29) is 36.3 Å². The van der Waals surface area contributed by atoms with Crippen LogP contribution < -0.4 is 10.6 Å². The van der Waals surface area contributed by atoms with Crippen LogP contribution in [0.3, 0.4) is 0 Å². The van der Waals surface area contributed by atoms with E-state index in [0.717, 1.165) is 12.5 Å². The van der Waals surface area contributed by atoms with Gasteiger partial charge in [-0.2, -0.15) is 13.2 Å². The number of alkyl halides is 3. The van der Waals surface area contributed by atoms with Gasteiger partial charge in [0.25, 0.3) is 0 Å². The first-order valence-electron chi connectivity index (χ1n) is 8.45. The van der Waals surface area contributed by atoms with Crippen molar-refractivity contribution in [2.45, 2.75) is 57.8 Å². The van der Waals surface area contributed by atoms with Gasteiger partial charge in [-0.15, -0.1) is 0 Å². The molecule has 4 nitrogen and oxygen atoms in total. The molecule has 138 valence electrons. The van der Waals surface area contributed by atoms with Crippen molar-refractivity contribution in [1.29, 1.82) is 0 Å². The van der Waals surface area contributed by atoms with Crippen LogP contribution in [0.25, 0.3) is 0 Å². The molecular formula is C18H23F3N2O2. The number of carbonyl (C=O) groups excluding carboxylic acids is 2. The zero-order chi connectivity index (χ0) is 18.6. The van der Waals surface area contributed by atoms with Crippen LogP contribution in [-0.4, -0.2) is 23.9 Å². The van der Waals surface area contributed by atoms with Crippen molar-refractivity contribution in [2.75, 3.05) is 0 Å². The first-order valence-corrected chi connectivity index (χ1v) is 8.45. The fraction of sp³-hybridized carbons (Fsp3) is 0.556. The Kier molecular flexibility index (Phi) is 6.08.